The Balaban J connectivity index is 1.55. The van der Waals surface area contributed by atoms with Gasteiger partial charge in [-0.1, -0.05) is 12.1 Å². The van der Waals surface area contributed by atoms with Crippen LogP contribution in [-0.4, -0.2) is 33.9 Å². The highest BCUT2D eigenvalue weighted by atomic mass is 19.1. The highest BCUT2D eigenvalue weighted by molar-refractivity contribution is 5.92. The summed E-state index contributed by atoms with van der Waals surface area (Å²) in [6, 6.07) is 7.96. The van der Waals surface area contributed by atoms with Crippen molar-refractivity contribution in [2.75, 3.05) is 6.61 Å². The maximum absolute atomic E-state index is 13.8. The van der Waals surface area contributed by atoms with Crippen LogP contribution in [0, 0.1) is 5.82 Å². The van der Waals surface area contributed by atoms with E-state index in [9.17, 15) is 9.18 Å². The van der Waals surface area contributed by atoms with Gasteiger partial charge in [0.05, 0.1) is 11.6 Å². The first-order valence-electron chi connectivity index (χ1n) is 7.93. The van der Waals surface area contributed by atoms with E-state index in [1.165, 1.54) is 10.7 Å². The van der Waals surface area contributed by atoms with Gasteiger partial charge in [-0.05, 0) is 43.9 Å². The first kappa shape index (κ1) is 14.4. The van der Waals surface area contributed by atoms with Crippen molar-refractivity contribution in [3.05, 3.63) is 48.0 Å². The number of halogens is 1. The van der Waals surface area contributed by atoms with Crippen LogP contribution in [0.15, 0.2) is 36.5 Å². The van der Waals surface area contributed by atoms with Crippen molar-refractivity contribution < 1.29 is 13.9 Å². The molecule has 1 aromatic carbocycles. The predicted octanol–water partition coefficient (Wildman–Crippen LogP) is 2.45. The van der Waals surface area contributed by atoms with E-state index in [2.05, 4.69) is 10.4 Å². The number of ether oxygens (including phenoxy) is 1. The second-order valence-electron chi connectivity index (χ2n) is 6.21. The van der Waals surface area contributed by atoms with Crippen molar-refractivity contribution >= 4 is 5.91 Å². The molecule has 2 heterocycles. The van der Waals surface area contributed by atoms with Gasteiger partial charge in [-0.25, -0.2) is 9.07 Å². The van der Waals surface area contributed by atoms with E-state index in [0.717, 1.165) is 25.7 Å². The molecule has 1 saturated heterocycles. The summed E-state index contributed by atoms with van der Waals surface area (Å²) < 4.78 is 20.9. The second kappa shape index (κ2) is 5.45. The number of carbonyl (C=O) groups is 1. The van der Waals surface area contributed by atoms with Gasteiger partial charge in [-0.15, -0.1) is 0 Å². The quantitative estimate of drug-likeness (QED) is 0.946. The van der Waals surface area contributed by atoms with E-state index in [0.29, 0.717) is 18.0 Å². The molecule has 2 fully saturated rings. The molecule has 2 aromatic rings. The van der Waals surface area contributed by atoms with Crippen LogP contribution in [0.3, 0.4) is 0 Å². The molecule has 2 aliphatic rings. The van der Waals surface area contributed by atoms with Crippen molar-refractivity contribution in [1.82, 2.24) is 15.1 Å². The largest absolute Gasteiger partial charge is 0.376 e. The van der Waals surface area contributed by atoms with Gasteiger partial charge < -0.3 is 10.1 Å². The number of benzene rings is 1. The number of para-hydroxylation sites is 1. The average molecular weight is 315 g/mol. The molecule has 0 unspecified atom stereocenters. The molecule has 6 heteroatoms. The van der Waals surface area contributed by atoms with E-state index >= 15 is 0 Å². The molecule has 1 aromatic heterocycles. The van der Waals surface area contributed by atoms with Gasteiger partial charge in [-0.2, -0.15) is 5.10 Å². The Morgan fingerprint density at radius 2 is 2.22 bits per heavy atom. The summed E-state index contributed by atoms with van der Waals surface area (Å²) >= 11 is 0. The molecule has 2 atom stereocenters. The number of carbonyl (C=O) groups excluding carboxylic acids is 1. The third kappa shape index (κ3) is 2.43. The number of fused-ring (bicyclic) bond motifs is 1. The molecule has 120 valence electrons. The molecule has 0 radical (unpaired) electrons. The first-order chi connectivity index (χ1) is 11.2. The number of aromatic nitrogens is 2. The van der Waals surface area contributed by atoms with Gasteiger partial charge in [0.1, 0.15) is 11.5 Å². The van der Waals surface area contributed by atoms with Crippen LogP contribution in [0.5, 0.6) is 0 Å². The van der Waals surface area contributed by atoms with Crippen LogP contribution in [0.25, 0.3) is 5.69 Å². The number of amides is 1. The van der Waals surface area contributed by atoms with Crippen molar-refractivity contribution in [2.45, 2.75) is 37.3 Å². The van der Waals surface area contributed by atoms with Crippen LogP contribution in [0.1, 0.15) is 36.2 Å². The average Bonchev–Trinajstić information content (AvgIpc) is 3.22. The minimum Gasteiger partial charge on any atom is -0.376 e. The molecule has 4 rings (SSSR count). The zero-order valence-electron chi connectivity index (χ0n) is 12.7. The van der Waals surface area contributed by atoms with E-state index in [-0.39, 0.29) is 23.4 Å². The van der Waals surface area contributed by atoms with Crippen LogP contribution in [-0.2, 0) is 4.74 Å². The van der Waals surface area contributed by atoms with Crippen LogP contribution >= 0.6 is 0 Å². The number of hydrogen-bond donors (Lipinski definition) is 1. The van der Waals surface area contributed by atoms with E-state index < -0.39 is 0 Å². The Morgan fingerprint density at radius 3 is 3.09 bits per heavy atom. The van der Waals surface area contributed by atoms with Crippen LogP contribution in [0.4, 0.5) is 4.39 Å². The van der Waals surface area contributed by atoms with Gasteiger partial charge in [0.15, 0.2) is 5.69 Å². The molecule has 0 bridgehead atoms. The fourth-order valence-electron chi connectivity index (χ4n) is 3.66. The summed E-state index contributed by atoms with van der Waals surface area (Å²) in [5.41, 5.74) is 0.367. The standard InChI is InChI=1S/C17H18FN3O2/c18-12-4-1-2-5-14(12)21-10-7-13(20-21)16(22)19-17-8-3-6-15(17)23-11-9-17/h1-2,4-5,7,10,15H,3,6,8-9,11H2,(H,19,22)/t15-,17+/m1/s1. The maximum atomic E-state index is 13.8. The lowest BCUT2D eigenvalue weighted by atomic mass is 9.93. The Morgan fingerprint density at radius 1 is 1.35 bits per heavy atom. The van der Waals surface area contributed by atoms with Crippen molar-refractivity contribution in [2.24, 2.45) is 0 Å². The molecule has 1 N–H and O–H groups in total. The maximum Gasteiger partial charge on any atom is 0.272 e. The lowest BCUT2D eigenvalue weighted by Crippen LogP contribution is -2.51. The summed E-state index contributed by atoms with van der Waals surface area (Å²) in [7, 11) is 0. The highest BCUT2D eigenvalue weighted by Gasteiger charge is 2.48. The van der Waals surface area contributed by atoms with Crippen molar-refractivity contribution in [3.63, 3.8) is 0 Å². The smallest absolute Gasteiger partial charge is 0.272 e. The molecule has 1 amide bonds. The summed E-state index contributed by atoms with van der Waals surface area (Å²) in [4.78, 5) is 12.5. The van der Waals surface area contributed by atoms with Crippen LogP contribution < -0.4 is 5.32 Å². The summed E-state index contributed by atoms with van der Waals surface area (Å²) in [6.45, 7) is 0.689. The normalized spacial score (nSPS) is 26.2. The van der Waals surface area contributed by atoms with E-state index in [1.54, 1.807) is 30.5 Å². The topological polar surface area (TPSA) is 56.1 Å². The minimum atomic E-state index is -0.374. The molecular weight excluding hydrogens is 297 g/mol. The number of nitrogens with one attached hydrogen (secondary N) is 1. The Hall–Kier alpha value is -2.21. The lowest BCUT2D eigenvalue weighted by molar-refractivity contribution is 0.0714. The molecule has 1 aliphatic heterocycles. The van der Waals surface area contributed by atoms with Crippen LogP contribution in [0.2, 0.25) is 0 Å². The highest BCUT2D eigenvalue weighted by Crippen LogP contribution is 2.39. The van der Waals surface area contributed by atoms with E-state index in [1.807, 2.05) is 0 Å². The van der Waals surface area contributed by atoms with Gasteiger partial charge in [0, 0.05) is 12.8 Å². The Kier molecular flexibility index (Phi) is 3.41. The third-order valence-corrected chi connectivity index (χ3v) is 4.86. The minimum absolute atomic E-state index is 0.111. The zero-order chi connectivity index (χ0) is 15.9. The second-order valence-corrected chi connectivity index (χ2v) is 6.21. The van der Waals surface area contributed by atoms with Crippen molar-refractivity contribution in [3.8, 4) is 5.69 Å². The molecular formula is C17H18FN3O2. The first-order valence-corrected chi connectivity index (χ1v) is 7.93. The summed E-state index contributed by atoms with van der Waals surface area (Å²) in [6.07, 6.45) is 5.55. The summed E-state index contributed by atoms with van der Waals surface area (Å²) in [5.74, 6) is -0.598. The zero-order valence-corrected chi connectivity index (χ0v) is 12.7. The molecule has 1 aliphatic carbocycles. The third-order valence-electron chi connectivity index (χ3n) is 4.86. The SMILES string of the molecule is O=C(N[C@]12CCC[C@H]1OCC2)c1ccn(-c2ccccc2F)n1. The molecule has 0 spiro atoms. The molecule has 5 nitrogen and oxygen atoms in total. The summed E-state index contributed by atoms with van der Waals surface area (Å²) in [5, 5.41) is 7.33. The fourth-order valence-corrected chi connectivity index (χ4v) is 3.66. The monoisotopic (exact) mass is 315 g/mol. The number of hydrogen-bond acceptors (Lipinski definition) is 3. The number of nitrogens with zero attached hydrogens (tertiary/aromatic N) is 2. The van der Waals surface area contributed by atoms with Gasteiger partial charge >= 0.3 is 0 Å². The molecule has 1 saturated carbocycles. The van der Waals surface area contributed by atoms with Gasteiger partial charge in [0.25, 0.3) is 5.91 Å². The predicted molar refractivity (Wildman–Crippen MR) is 81.9 cm³/mol. The lowest BCUT2D eigenvalue weighted by Gasteiger charge is -2.28. The Bertz CT molecular complexity index is 733. The van der Waals surface area contributed by atoms with Gasteiger partial charge in [-0.3, -0.25) is 4.79 Å². The fraction of sp³-hybridized carbons (Fsp3) is 0.412. The number of rotatable bonds is 3. The molecule has 23 heavy (non-hydrogen) atoms. The Labute approximate surface area is 133 Å². The van der Waals surface area contributed by atoms with Gasteiger partial charge in [0.2, 0.25) is 0 Å². The van der Waals surface area contributed by atoms with E-state index in [4.69, 9.17) is 4.74 Å². The van der Waals surface area contributed by atoms with Crippen molar-refractivity contribution in [1.29, 1.82) is 0 Å².